The fraction of sp³-hybridized carbons (Fsp3) is 0.462. The van der Waals surface area contributed by atoms with E-state index in [2.05, 4.69) is 10.3 Å². The number of methoxy groups -OCH3 is 1. The van der Waals surface area contributed by atoms with Crippen LogP contribution in [0.2, 0.25) is 0 Å². The maximum atomic E-state index is 13.4. The third-order valence-corrected chi connectivity index (χ3v) is 6.20. The van der Waals surface area contributed by atoms with Gasteiger partial charge in [0.25, 0.3) is 11.8 Å². The van der Waals surface area contributed by atoms with E-state index < -0.39 is 0 Å². The number of nitrogens with zero attached hydrogens (tertiary/aromatic N) is 3. The van der Waals surface area contributed by atoms with E-state index >= 15 is 0 Å². The van der Waals surface area contributed by atoms with E-state index in [-0.39, 0.29) is 42.4 Å². The summed E-state index contributed by atoms with van der Waals surface area (Å²) in [4.78, 5) is 46.1. The van der Waals surface area contributed by atoms with Gasteiger partial charge in [0.05, 0.1) is 17.7 Å². The molecule has 2 aromatic rings. The lowest BCUT2D eigenvalue weighted by atomic mass is 10.0. The number of fused-ring (bicyclic) bond motifs is 1. The van der Waals surface area contributed by atoms with Gasteiger partial charge in [-0.05, 0) is 31.2 Å². The zero-order valence-corrected chi connectivity index (χ0v) is 21.0. The first-order valence-electron chi connectivity index (χ1n) is 11.8. The Morgan fingerprint density at radius 1 is 1.20 bits per heavy atom. The van der Waals surface area contributed by atoms with E-state index in [0.717, 1.165) is 0 Å². The fourth-order valence-corrected chi connectivity index (χ4v) is 4.02. The highest BCUT2D eigenvalue weighted by molar-refractivity contribution is 5.98. The summed E-state index contributed by atoms with van der Waals surface area (Å²) >= 11 is 0. The molecule has 3 amide bonds. The van der Waals surface area contributed by atoms with Crippen LogP contribution >= 0.6 is 0 Å². The van der Waals surface area contributed by atoms with E-state index in [1.54, 1.807) is 73.5 Å². The van der Waals surface area contributed by atoms with Crippen LogP contribution in [-0.2, 0) is 9.53 Å². The van der Waals surface area contributed by atoms with E-state index in [0.29, 0.717) is 42.2 Å². The number of hydrogen-bond acceptors (Lipinski definition) is 6. The Kier molecular flexibility index (Phi) is 8.81. The average Bonchev–Trinajstić information content (AvgIpc) is 2.87. The van der Waals surface area contributed by atoms with Gasteiger partial charge in [-0.3, -0.25) is 19.4 Å². The fourth-order valence-electron chi connectivity index (χ4n) is 4.02. The van der Waals surface area contributed by atoms with Gasteiger partial charge >= 0.3 is 0 Å². The van der Waals surface area contributed by atoms with Crippen LogP contribution in [0.25, 0.3) is 0 Å². The molecule has 0 aliphatic carbocycles. The predicted molar refractivity (Wildman–Crippen MR) is 133 cm³/mol. The van der Waals surface area contributed by atoms with Crippen molar-refractivity contribution in [3.63, 3.8) is 0 Å². The molecule has 3 rings (SSSR count). The first-order valence-corrected chi connectivity index (χ1v) is 11.8. The van der Waals surface area contributed by atoms with Crippen LogP contribution in [0.1, 0.15) is 48.0 Å². The molecule has 35 heavy (non-hydrogen) atoms. The summed E-state index contributed by atoms with van der Waals surface area (Å²) in [5.41, 5.74) is 1.26. The number of carbonyl (C=O) groups excluding carboxylic acids is 3. The molecule has 3 atom stereocenters. The zero-order valence-electron chi connectivity index (χ0n) is 21.0. The Morgan fingerprint density at radius 2 is 1.97 bits per heavy atom. The number of pyridine rings is 1. The number of aromatic nitrogens is 1. The van der Waals surface area contributed by atoms with Crippen LogP contribution in [0, 0.1) is 5.92 Å². The highest BCUT2D eigenvalue weighted by Crippen LogP contribution is 2.27. The molecule has 0 spiro atoms. The maximum Gasteiger partial charge on any atom is 0.272 e. The highest BCUT2D eigenvalue weighted by atomic mass is 16.5. The van der Waals surface area contributed by atoms with Crippen LogP contribution in [0.4, 0.5) is 5.69 Å². The second-order valence-electron chi connectivity index (χ2n) is 8.88. The molecule has 0 radical (unpaired) electrons. The zero-order chi connectivity index (χ0) is 25.5. The normalized spacial score (nSPS) is 21.3. The average molecular weight is 483 g/mol. The molecule has 0 unspecified atom stereocenters. The van der Waals surface area contributed by atoms with Crippen LogP contribution < -0.4 is 10.1 Å². The molecular formula is C26H34N4O5. The number of hydrogen-bond donors (Lipinski definition) is 1. The largest absolute Gasteiger partial charge is 0.491 e. The first-order chi connectivity index (χ1) is 16.7. The Balaban J connectivity index is 1.99. The van der Waals surface area contributed by atoms with Crippen molar-refractivity contribution < 1.29 is 23.9 Å². The van der Waals surface area contributed by atoms with E-state index in [4.69, 9.17) is 9.47 Å². The number of likely N-dealkylation sites (N-methyl/N-ethyl adjacent to an activating group) is 1. The Labute approximate surface area is 206 Å². The molecule has 9 nitrogen and oxygen atoms in total. The summed E-state index contributed by atoms with van der Waals surface area (Å²) in [6.07, 6.45) is 1.63. The molecule has 1 aromatic heterocycles. The lowest BCUT2D eigenvalue weighted by Crippen LogP contribution is -2.48. The third-order valence-electron chi connectivity index (χ3n) is 6.20. The van der Waals surface area contributed by atoms with Crippen molar-refractivity contribution in [1.29, 1.82) is 0 Å². The molecule has 0 saturated heterocycles. The number of anilines is 1. The van der Waals surface area contributed by atoms with Gasteiger partial charge in [-0.25, -0.2) is 0 Å². The quantitative estimate of drug-likeness (QED) is 0.719. The van der Waals surface area contributed by atoms with Crippen molar-refractivity contribution in [2.75, 3.05) is 39.2 Å². The summed E-state index contributed by atoms with van der Waals surface area (Å²) in [6, 6.07) is 9.90. The minimum absolute atomic E-state index is 0.0594. The molecule has 0 bridgehead atoms. The second-order valence-corrected chi connectivity index (χ2v) is 8.88. The lowest BCUT2D eigenvalue weighted by molar-refractivity contribution is -0.115. The lowest BCUT2D eigenvalue weighted by Gasteiger charge is -2.36. The van der Waals surface area contributed by atoms with Gasteiger partial charge in [-0.15, -0.1) is 0 Å². The van der Waals surface area contributed by atoms with Gasteiger partial charge in [-0.2, -0.15) is 0 Å². The van der Waals surface area contributed by atoms with Crippen molar-refractivity contribution >= 4 is 23.4 Å². The molecule has 0 fully saturated rings. The van der Waals surface area contributed by atoms with Gasteiger partial charge in [0.2, 0.25) is 5.91 Å². The van der Waals surface area contributed by atoms with Gasteiger partial charge in [-0.1, -0.05) is 19.9 Å². The molecule has 9 heteroatoms. The van der Waals surface area contributed by atoms with Crippen molar-refractivity contribution in [1.82, 2.24) is 14.8 Å². The number of rotatable bonds is 4. The number of ether oxygens (including phenoxy) is 2. The summed E-state index contributed by atoms with van der Waals surface area (Å²) < 4.78 is 11.8. The van der Waals surface area contributed by atoms with Gasteiger partial charge in [0.1, 0.15) is 18.1 Å². The molecule has 1 N–H and O–H groups in total. The summed E-state index contributed by atoms with van der Waals surface area (Å²) in [7, 11) is 3.32. The predicted octanol–water partition coefficient (Wildman–Crippen LogP) is 3.08. The molecule has 0 saturated carbocycles. The first kappa shape index (κ1) is 26.2. The van der Waals surface area contributed by atoms with Crippen molar-refractivity contribution in [3.05, 3.63) is 53.9 Å². The summed E-state index contributed by atoms with van der Waals surface area (Å²) in [6.45, 7) is 6.56. The molecule has 188 valence electrons. The summed E-state index contributed by atoms with van der Waals surface area (Å²) in [5.74, 6) is -0.267. The van der Waals surface area contributed by atoms with E-state index in [1.165, 1.54) is 0 Å². The van der Waals surface area contributed by atoms with Gasteiger partial charge in [0.15, 0.2) is 0 Å². The van der Waals surface area contributed by atoms with Crippen molar-refractivity contribution in [3.8, 4) is 5.75 Å². The van der Waals surface area contributed by atoms with Crippen LogP contribution in [-0.4, -0.2) is 78.5 Å². The standard InChI is InChI=1S/C26H34N4O5/c1-6-24(31)28-19-10-11-20-22(13-19)35-16-18(3)30(26(33)21-9-7-8-12-27-21)14-17(2)23(34-5)15-29(4)25(20)32/h7-13,17-18,23H,6,14-16H2,1-5H3,(H,28,31)/t17-,18-,23-/m0/s1. The highest BCUT2D eigenvalue weighted by Gasteiger charge is 2.31. The van der Waals surface area contributed by atoms with Crippen LogP contribution in [0.15, 0.2) is 42.6 Å². The van der Waals surface area contributed by atoms with Gasteiger partial charge < -0.3 is 24.6 Å². The number of benzene rings is 1. The Hall–Kier alpha value is -3.46. The molecule has 2 heterocycles. The number of carbonyl (C=O) groups is 3. The maximum absolute atomic E-state index is 13.4. The third kappa shape index (κ3) is 6.36. The minimum atomic E-state index is -0.321. The Bertz CT molecular complexity index is 1050. The van der Waals surface area contributed by atoms with Crippen LogP contribution in [0.5, 0.6) is 5.75 Å². The molecular weight excluding hydrogens is 448 g/mol. The monoisotopic (exact) mass is 482 g/mol. The summed E-state index contributed by atoms with van der Waals surface area (Å²) in [5, 5.41) is 2.80. The number of amides is 3. The SMILES string of the molecule is CCC(=O)Nc1ccc2c(c1)OC[C@H](C)N(C(=O)c1ccccn1)C[C@H](C)[C@@H](OC)CN(C)C2=O. The van der Waals surface area contributed by atoms with E-state index in [9.17, 15) is 14.4 Å². The topological polar surface area (TPSA) is 101 Å². The van der Waals surface area contributed by atoms with E-state index in [1.807, 2.05) is 13.8 Å². The minimum Gasteiger partial charge on any atom is -0.491 e. The van der Waals surface area contributed by atoms with Crippen molar-refractivity contribution in [2.45, 2.75) is 39.3 Å². The van der Waals surface area contributed by atoms with Crippen LogP contribution in [0.3, 0.4) is 0 Å². The smallest absolute Gasteiger partial charge is 0.272 e. The molecule has 1 aromatic carbocycles. The second kappa shape index (κ2) is 11.8. The number of nitrogens with one attached hydrogen (secondary N) is 1. The molecule has 1 aliphatic rings. The Morgan fingerprint density at radius 3 is 2.63 bits per heavy atom. The van der Waals surface area contributed by atoms with Gasteiger partial charge in [0, 0.05) is 57.5 Å². The molecule has 1 aliphatic heterocycles. The van der Waals surface area contributed by atoms with Crippen molar-refractivity contribution in [2.24, 2.45) is 5.92 Å².